The second-order valence-electron chi connectivity index (χ2n) is 6.45. The lowest BCUT2D eigenvalue weighted by molar-refractivity contribution is 0.0952. The van der Waals surface area contributed by atoms with Crippen molar-refractivity contribution in [3.63, 3.8) is 0 Å². The standard InChI is InChI=1S/C20H22N2O3S/c1-26(24,25)15-16-6-4-8-18(14-16)20(23)21-11-5-12-22-13-10-17-7-2-3-9-19(17)22/h2-4,6-10,13-14H,5,11-12,15H2,1H3,(H,21,23). The van der Waals surface area contributed by atoms with Crippen LogP contribution in [0.25, 0.3) is 10.9 Å². The number of carbonyl (C=O) groups is 1. The Morgan fingerprint density at radius 3 is 2.69 bits per heavy atom. The lowest BCUT2D eigenvalue weighted by Gasteiger charge is -2.08. The Balaban J connectivity index is 1.53. The van der Waals surface area contributed by atoms with Crippen LogP contribution in [0.3, 0.4) is 0 Å². The Morgan fingerprint density at radius 2 is 1.88 bits per heavy atom. The zero-order valence-corrected chi connectivity index (χ0v) is 15.5. The van der Waals surface area contributed by atoms with Gasteiger partial charge in [-0.3, -0.25) is 4.79 Å². The Labute approximate surface area is 153 Å². The third-order valence-corrected chi connectivity index (χ3v) is 5.02. The topological polar surface area (TPSA) is 68.2 Å². The smallest absolute Gasteiger partial charge is 0.251 e. The van der Waals surface area contributed by atoms with Gasteiger partial charge in [0.15, 0.2) is 9.84 Å². The molecule has 136 valence electrons. The van der Waals surface area contributed by atoms with Gasteiger partial charge in [0.1, 0.15) is 0 Å². The third kappa shape index (κ3) is 4.73. The molecule has 0 radical (unpaired) electrons. The summed E-state index contributed by atoms with van der Waals surface area (Å²) in [6, 6.07) is 17.0. The van der Waals surface area contributed by atoms with Crippen LogP contribution < -0.4 is 5.32 Å². The van der Waals surface area contributed by atoms with Gasteiger partial charge in [-0.25, -0.2) is 8.42 Å². The number of sulfone groups is 1. The van der Waals surface area contributed by atoms with E-state index in [0.29, 0.717) is 17.7 Å². The highest BCUT2D eigenvalue weighted by Gasteiger charge is 2.09. The van der Waals surface area contributed by atoms with Crippen LogP contribution in [-0.2, 0) is 22.1 Å². The molecule has 3 rings (SSSR count). The van der Waals surface area contributed by atoms with E-state index in [0.717, 1.165) is 13.0 Å². The van der Waals surface area contributed by atoms with Crippen LogP contribution in [0.2, 0.25) is 0 Å². The highest BCUT2D eigenvalue weighted by molar-refractivity contribution is 7.89. The van der Waals surface area contributed by atoms with E-state index in [-0.39, 0.29) is 11.7 Å². The van der Waals surface area contributed by atoms with Crippen LogP contribution in [-0.4, -0.2) is 31.7 Å². The van der Waals surface area contributed by atoms with E-state index in [2.05, 4.69) is 34.3 Å². The zero-order chi connectivity index (χ0) is 18.6. The van der Waals surface area contributed by atoms with Crippen LogP contribution in [0, 0.1) is 0 Å². The van der Waals surface area contributed by atoms with E-state index in [1.54, 1.807) is 24.3 Å². The van der Waals surface area contributed by atoms with Crippen molar-refractivity contribution in [3.8, 4) is 0 Å². The van der Waals surface area contributed by atoms with Crippen LogP contribution >= 0.6 is 0 Å². The molecule has 1 N–H and O–H groups in total. The van der Waals surface area contributed by atoms with Gasteiger partial charge in [-0.1, -0.05) is 30.3 Å². The van der Waals surface area contributed by atoms with Crippen LogP contribution in [0.4, 0.5) is 0 Å². The maximum atomic E-state index is 12.3. The van der Waals surface area contributed by atoms with E-state index < -0.39 is 9.84 Å². The predicted molar refractivity (Wildman–Crippen MR) is 104 cm³/mol. The molecule has 0 spiro atoms. The Hall–Kier alpha value is -2.60. The highest BCUT2D eigenvalue weighted by Crippen LogP contribution is 2.15. The molecule has 5 nitrogen and oxygen atoms in total. The first-order valence-electron chi connectivity index (χ1n) is 8.51. The van der Waals surface area contributed by atoms with Crippen molar-refractivity contribution in [3.05, 3.63) is 71.9 Å². The molecule has 2 aromatic carbocycles. The summed E-state index contributed by atoms with van der Waals surface area (Å²) in [6.45, 7) is 1.38. The summed E-state index contributed by atoms with van der Waals surface area (Å²) < 4.78 is 25.0. The Bertz CT molecular complexity index is 1020. The number of nitrogens with zero attached hydrogens (tertiary/aromatic N) is 1. The summed E-state index contributed by atoms with van der Waals surface area (Å²) in [4.78, 5) is 12.3. The van der Waals surface area contributed by atoms with Crippen molar-refractivity contribution in [2.45, 2.75) is 18.7 Å². The monoisotopic (exact) mass is 370 g/mol. The maximum Gasteiger partial charge on any atom is 0.251 e. The summed E-state index contributed by atoms with van der Waals surface area (Å²) >= 11 is 0. The van der Waals surface area contributed by atoms with Crippen molar-refractivity contribution in [2.24, 2.45) is 0 Å². The summed E-state index contributed by atoms with van der Waals surface area (Å²) in [7, 11) is -3.12. The Kier molecular flexibility index (Phi) is 5.42. The number of hydrogen-bond acceptors (Lipinski definition) is 3. The largest absolute Gasteiger partial charge is 0.352 e. The molecule has 26 heavy (non-hydrogen) atoms. The number of fused-ring (bicyclic) bond motifs is 1. The van der Waals surface area contributed by atoms with E-state index in [4.69, 9.17) is 0 Å². The molecule has 3 aromatic rings. The van der Waals surface area contributed by atoms with Gasteiger partial charge in [-0.2, -0.15) is 0 Å². The first-order valence-corrected chi connectivity index (χ1v) is 10.6. The number of amides is 1. The van der Waals surface area contributed by atoms with Gasteiger partial charge in [-0.15, -0.1) is 0 Å². The van der Waals surface area contributed by atoms with Gasteiger partial charge in [0.2, 0.25) is 0 Å². The SMILES string of the molecule is CS(=O)(=O)Cc1cccc(C(=O)NCCCn2ccc3ccccc32)c1. The molecular formula is C20H22N2O3S. The Morgan fingerprint density at radius 1 is 1.08 bits per heavy atom. The number of benzene rings is 2. The number of nitrogens with one attached hydrogen (secondary N) is 1. The van der Waals surface area contributed by atoms with Gasteiger partial charge < -0.3 is 9.88 Å². The first-order chi connectivity index (χ1) is 12.4. The molecular weight excluding hydrogens is 348 g/mol. The molecule has 0 unspecified atom stereocenters. The van der Waals surface area contributed by atoms with E-state index >= 15 is 0 Å². The normalized spacial score (nSPS) is 11.6. The molecule has 0 fully saturated rings. The molecule has 0 aliphatic carbocycles. The average molecular weight is 370 g/mol. The van der Waals surface area contributed by atoms with E-state index in [9.17, 15) is 13.2 Å². The number of hydrogen-bond donors (Lipinski definition) is 1. The van der Waals surface area contributed by atoms with Gasteiger partial charge in [-0.05, 0) is 41.6 Å². The molecule has 0 aliphatic rings. The second kappa shape index (κ2) is 7.74. The molecule has 0 atom stereocenters. The van der Waals surface area contributed by atoms with Crippen molar-refractivity contribution in [1.82, 2.24) is 9.88 Å². The third-order valence-electron chi connectivity index (χ3n) is 4.16. The van der Waals surface area contributed by atoms with Gasteiger partial charge in [0.25, 0.3) is 5.91 Å². The summed E-state index contributed by atoms with van der Waals surface area (Å²) in [5, 5.41) is 4.11. The minimum absolute atomic E-state index is 0.0607. The molecule has 0 bridgehead atoms. The van der Waals surface area contributed by atoms with Crippen molar-refractivity contribution in [2.75, 3.05) is 12.8 Å². The molecule has 1 amide bonds. The van der Waals surface area contributed by atoms with Gasteiger partial charge >= 0.3 is 0 Å². The van der Waals surface area contributed by atoms with Crippen LogP contribution in [0.15, 0.2) is 60.8 Å². The van der Waals surface area contributed by atoms with Crippen molar-refractivity contribution in [1.29, 1.82) is 0 Å². The van der Waals surface area contributed by atoms with Crippen molar-refractivity contribution < 1.29 is 13.2 Å². The fourth-order valence-electron chi connectivity index (χ4n) is 2.99. The van der Waals surface area contributed by atoms with E-state index in [1.807, 2.05) is 12.1 Å². The lowest BCUT2D eigenvalue weighted by atomic mass is 10.1. The minimum Gasteiger partial charge on any atom is -0.352 e. The number of rotatable bonds is 7. The lowest BCUT2D eigenvalue weighted by Crippen LogP contribution is -2.25. The van der Waals surface area contributed by atoms with Crippen LogP contribution in [0.5, 0.6) is 0 Å². The molecule has 1 aromatic heterocycles. The van der Waals surface area contributed by atoms with Crippen LogP contribution in [0.1, 0.15) is 22.3 Å². The summed E-state index contributed by atoms with van der Waals surface area (Å²) in [5.74, 6) is -0.243. The fraction of sp³-hybridized carbons (Fsp3) is 0.250. The van der Waals surface area contributed by atoms with Crippen molar-refractivity contribution >= 4 is 26.6 Å². The minimum atomic E-state index is -3.12. The second-order valence-corrected chi connectivity index (χ2v) is 8.59. The molecule has 0 aliphatic heterocycles. The number of carbonyl (C=O) groups excluding carboxylic acids is 1. The molecule has 6 heteroatoms. The number of aryl methyl sites for hydroxylation is 1. The molecule has 0 saturated heterocycles. The summed E-state index contributed by atoms with van der Waals surface area (Å²) in [6.07, 6.45) is 4.05. The first kappa shape index (κ1) is 18.2. The molecule has 1 heterocycles. The van der Waals surface area contributed by atoms with Gasteiger partial charge in [0.05, 0.1) is 5.75 Å². The van der Waals surface area contributed by atoms with E-state index in [1.165, 1.54) is 17.2 Å². The average Bonchev–Trinajstić information content (AvgIpc) is 3.00. The summed E-state index contributed by atoms with van der Waals surface area (Å²) in [5.41, 5.74) is 2.30. The zero-order valence-electron chi connectivity index (χ0n) is 14.7. The predicted octanol–water partition coefficient (Wildman–Crippen LogP) is 3.01. The fourth-order valence-corrected chi connectivity index (χ4v) is 3.78. The number of aromatic nitrogens is 1. The molecule has 0 saturated carbocycles. The highest BCUT2D eigenvalue weighted by atomic mass is 32.2. The van der Waals surface area contributed by atoms with Gasteiger partial charge in [0, 0.05) is 36.6 Å². The number of para-hydroxylation sites is 1. The maximum absolute atomic E-state index is 12.3. The quantitative estimate of drug-likeness (QED) is 0.650.